The Kier molecular flexibility index (Phi) is 4.51. The second kappa shape index (κ2) is 6.34. The van der Waals surface area contributed by atoms with Crippen LogP contribution in [0.4, 0.5) is 5.69 Å². The van der Waals surface area contributed by atoms with Crippen LogP contribution in [0.25, 0.3) is 0 Å². The zero-order chi connectivity index (χ0) is 12.8. The molecule has 18 heavy (non-hydrogen) atoms. The van der Waals surface area contributed by atoms with Crippen molar-refractivity contribution in [3.05, 3.63) is 24.0 Å². The van der Waals surface area contributed by atoms with E-state index in [2.05, 4.69) is 33.2 Å². The normalized spacial score (nSPS) is 16.2. The number of piperazine rings is 1. The van der Waals surface area contributed by atoms with E-state index in [0.29, 0.717) is 5.69 Å². The van der Waals surface area contributed by atoms with Gasteiger partial charge in [0.25, 0.3) is 0 Å². The minimum absolute atomic E-state index is 0.474. The zero-order valence-corrected chi connectivity index (χ0v) is 10.8. The fourth-order valence-electron chi connectivity index (χ4n) is 2.07. The smallest absolute Gasteiger partial charge is 0.142 e. The largest absolute Gasteiger partial charge is 0.373 e. The summed E-state index contributed by atoms with van der Waals surface area (Å²) in [4.78, 5) is 8.61. The molecule has 2 rings (SSSR count). The van der Waals surface area contributed by atoms with Gasteiger partial charge in [-0.2, -0.15) is 5.26 Å². The van der Waals surface area contributed by atoms with Crippen LogP contribution < -0.4 is 10.2 Å². The third kappa shape index (κ3) is 3.42. The van der Waals surface area contributed by atoms with Gasteiger partial charge >= 0.3 is 0 Å². The average molecular weight is 245 g/mol. The van der Waals surface area contributed by atoms with Gasteiger partial charge in [-0.3, -0.25) is 4.90 Å². The Morgan fingerprint density at radius 2 is 2.28 bits per heavy atom. The molecule has 1 saturated heterocycles. The maximum atomic E-state index is 8.83. The van der Waals surface area contributed by atoms with E-state index < -0.39 is 0 Å². The number of nitrogens with one attached hydrogen (secondary N) is 1. The Labute approximate surface area is 108 Å². The molecule has 1 aliphatic rings. The van der Waals surface area contributed by atoms with Crippen LogP contribution in [0.3, 0.4) is 0 Å². The molecule has 1 N–H and O–H groups in total. The standard InChI is InChI=1S/C13H19N5/c1-17(8-9-18-6-4-15-5-7-18)13-2-3-16-12(10-13)11-14/h2-3,10,15H,4-9H2,1H3. The molecule has 0 bridgehead atoms. The summed E-state index contributed by atoms with van der Waals surface area (Å²) >= 11 is 0. The van der Waals surface area contributed by atoms with Crippen molar-refractivity contribution in [3.63, 3.8) is 0 Å². The second-order valence-corrected chi connectivity index (χ2v) is 4.52. The average Bonchev–Trinajstić information content (AvgIpc) is 2.46. The van der Waals surface area contributed by atoms with Crippen molar-refractivity contribution >= 4 is 5.69 Å². The molecule has 0 unspecified atom stereocenters. The summed E-state index contributed by atoms with van der Waals surface area (Å²) in [6, 6.07) is 5.85. The number of nitriles is 1. The van der Waals surface area contributed by atoms with Gasteiger partial charge in [0.15, 0.2) is 0 Å². The Hall–Kier alpha value is -1.64. The van der Waals surface area contributed by atoms with Crippen molar-refractivity contribution in [1.82, 2.24) is 15.2 Å². The maximum absolute atomic E-state index is 8.83. The lowest BCUT2D eigenvalue weighted by Gasteiger charge is -2.29. The third-order valence-electron chi connectivity index (χ3n) is 3.26. The lowest BCUT2D eigenvalue weighted by atomic mass is 10.3. The van der Waals surface area contributed by atoms with Crippen molar-refractivity contribution in [1.29, 1.82) is 5.26 Å². The first kappa shape index (κ1) is 12.8. The van der Waals surface area contributed by atoms with E-state index in [1.165, 1.54) is 0 Å². The molecule has 0 radical (unpaired) electrons. The van der Waals surface area contributed by atoms with E-state index in [1.54, 1.807) is 6.20 Å². The molecule has 2 heterocycles. The zero-order valence-electron chi connectivity index (χ0n) is 10.8. The highest BCUT2D eigenvalue weighted by Gasteiger charge is 2.10. The minimum atomic E-state index is 0.474. The van der Waals surface area contributed by atoms with Crippen LogP contribution in [0.15, 0.2) is 18.3 Å². The molecule has 5 heteroatoms. The van der Waals surface area contributed by atoms with Crippen LogP contribution in [0.1, 0.15) is 5.69 Å². The molecule has 1 aromatic rings. The molecular formula is C13H19N5. The van der Waals surface area contributed by atoms with Gasteiger partial charge < -0.3 is 10.2 Å². The highest BCUT2D eigenvalue weighted by molar-refractivity contribution is 5.47. The molecule has 1 aromatic heterocycles. The van der Waals surface area contributed by atoms with Gasteiger partial charge in [-0.05, 0) is 12.1 Å². The van der Waals surface area contributed by atoms with Crippen molar-refractivity contribution in [3.8, 4) is 6.07 Å². The summed E-state index contributed by atoms with van der Waals surface area (Å²) in [5, 5.41) is 12.2. The van der Waals surface area contributed by atoms with Crippen LogP contribution in [0, 0.1) is 11.3 Å². The van der Waals surface area contributed by atoms with Crippen molar-refractivity contribution in [2.45, 2.75) is 0 Å². The highest BCUT2D eigenvalue weighted by atomic mass is 15.2. The van der Waals surface area contributed by atoms with Crippen LogP contribution in [0.2, 0.25) is 0 Å². The van der Waals surface area contributed by atoms with Crippen molar-refractivity contribution in [2.75, 3.05) is 51.2 Å². The summed E-state index contributed by atoms with van der Waals surface area (Å²) in [6.45, 7) is 6.42. The van der Waals surface area contributed by atoms with Gasteiger partial charge in [0.1, 0.15) is 11.8 Å². The van der Waals surface area contributed by atoms with Crippen molar-refractivity contribution < 1.29 is 0 Å². The van der Waals surface area contributed by atoms with Crippen LogP contribution in [-0.4, -0.2) is 56.2 Å². The summed E-state index contributed by atoms with van der Waals surface area (Å²) in [5.41, 5.74) is 1.53. The number of pyridine rings is 1. The molecule has 0 atom stereocenters. The quantitative estimate of drug-likeness (QED) is 0.826. The molecule has 0 saturated carbocycles. The maximum Gasteiger partial charge on any atom is 0.142 e. The van der Waals surface area contributed by atoms with Gasteiger partial charge in [-0.15, -0.1) is 0 Å². The van der Waals surface area contributed by atoms with Gasteiger partial charge in [-0.25, -0.2) is 4.98 Å². The van der Waals surface area contributed by atoms with E-state index in [1.807, 2.05) is 12.1 Å². The fraction of sp³-hybridized carbons (Fsp3) is 0.538. The predicted octanol–water partition coefficient (Wildman–Crippen LogP) is 0.295. The number of nitrogens with zero attached hydrogens (tertiary/aromatic N) is 4. The van der Waals surface area contributed by atoms with E-state index in [4.69, 9.17) is 5.26 Å². The number of hydrogen-bond acceptors (Lipinski definition) is 5. The molecular weight excluding hydrogens is 226 g/mol. The summed E-state index contributed by atoms with van der Waals surface area (Å²) in [5.74, 6) is 0. The Morgan fingerprint density at radius 3 is 3.00 bits per heavy atom. The van der Waals surface area contributed by atoms with E-state index >= 15 is 0 Å². The number of likely N-dealkylation sites (N-methyl/N-ethyl adjacent to an activating group) is 1. The molecule has 0 aromatic carbocycles. The van der Waals surface area contributed by atoms with Crippen molar-refractivity contribution in [2.24, 2.45) is 0 Å². The number of hydrogen-bond donors (Lipinski definition) is 1. The van der Waals surface area contributed by atoms with Crippen LogP contribution >= 0.6 is 0 Å². The summed E-state index contributed by atoms with van der Waals surface area (Å²) in [7, 11) is 2.05. The third-order valence-corrected chi connectivity index (χ3v) is 3.26. The fourth-order valence-corrected chi connectivity index (χ4v) is 2.07. The van der Waals surface area contributed by atoms with E-state index in [9.17, 15) is 0 Å². The second-order valence-electron chi connectivity index (χ2n) is 4.52. The van der Waals surface area contributed by atoms with Gasteiger partial charge in [-0.1, -0.05) is 0 Å². The molecule has 0 spiro atoms. The minimum Gasteiger partial charge on any atom is -0.373 e. The molecule has 1 aliphatic heterocycles. The number of aromatic nitrogens is 1. The van der Waals surface area contributed by atoms with Crippen LogP contribution in [-0.2, 0) is 0 Å². The lowest BCUT2D eigenvalue weighted by molar-refractivity contribution is 0.246. The Morgan fingerprint density at radius 1 is 1.50 bits per heavy atom. The first-order chi connectivity index (χ1) is 8.79. The highest BCUT2D eigenvalue weighted by Crippen LogP contribution is 2.12. The predicted molar refractivity (Wildman–Crippen MR) is 71.5 cm³/mol. The summed E-state index contributed by atoms with van der Waals surface area (Å²) < 4.78 is 0. The molecule has 96 valence electrons. The number of rotatable bonds is 4. The Bertz CT molecular complexity index is 420. The van der Waals surface area contributed by atoms with Crippen LogP contribution in [0.5, 0.6) is 0 Å². The monoisotopic (exact) mass is 245 g/mol. The first-order valence-corrected chi connectivity index (χ1v) is 6.30. The number of anilines is 1. The van der Waals surface area contributed by atoms with E-state index in [-0.39, 0.29) is 0 Å². The molecule has 1 fully saturated rings. The Balaban J connectivity index is 1.86. The van der Waals surface area contributed by atoms with Gasteiger partial charge in [0.2, 0.25) is 0 Å². The van der Waals surface area contributed by atoms with E-state index in [0.717, 1.165) is 45.0 Å². The molecule has 5 nitrogen and oxygen atoms in total. The van der Waals surface area contributed by atoms with Gasteiger partial charge in [0.05, 0.1) is 0 Å². The lowest BCUT2D eigenvalue weighted by Crippen LogP contribution is -2.46. The molecule has 0 aliphatic carbocycles. The summed E-state index contributed by atoms with van der Waals surface area (Å²) in [6.07, 6.45) is 1.69. The SMILES string of the molecule is CN(CCN1CCNCC1)c1ccnc(C#N)c1. The topological polar surface area (TPSA) is 55.2 Å². The first-order valence-electron chi connectivity index (χ1n) is 6.30. The molecule has 0 amide bonds. The van der Waals surface area contributed by atoms with Gasteiger partial charge in [0, 0.05) is 58.2 Å².